The summed E-state index contributed by atoms with van der Waals surface area (Å²) in [4.78, 5) is 17.2. The van der Waals surface area contributed by atoms with Crippen LogP contribution in [0.4, 0.5) is 0 Å². The maximum absolute atomic E-state index is 12.5. The molecule has 9 nitrogen and oxygen atoms in total. The lowest BCUT2D eigenvalue weighted by Crippen LogP contribution is -2.22. The third-order valence-corrected chi connectivity index (χ3v) is 6.85. The van der Waals surface area contributed by atoms with E-state index in [9.17, 15) is 13.2 Å². The molecule has 3 aromatic rings. The topological polar surface area (TPSA) is 115 Å². The molecule has 3 rings (SSSR count). The van der Waals surface area contributed by atoms with Crippen molar-refractivity contribution in [3.05, 3.63) is 47.8 Å². The standard InChI is InChI=1S/C23H26N4O5S/c1-5-27-19-9-8-17(33(29,30)26(3)4)14-18(19)25-22(27)11-12-23(28)32-20-10-7-16(15-24)13-21(20)31-6-2/h7-10,13-14H,5-6,11-12H2,1-4H3. The molecule has 0 saturated heterocycles. The number of aromatic nitrogens is 2. The van der Waals surface area contributed by atoms with Gasteiger partial charge in [0.2, 0.25) is 10.0 Å². The molecule has 0 fully saturated rings. The minimum atomic E-state index is -3.57. The monoisotopic (exact) mass is 470 g/mol. The molecule has 2 aromatic carbocycles. The zero-order valence-electron chi connectivity index (χ0n) is 19.0. The summed E-state index contributed by atoms with van der Waals surface area (Å²) < 4.78 is 38.9. The lowest BCUT2D eigenvalue weighted by Gasteiger charge is -2.11. The van der Waals surface area contributed by atoms with E-state index in [1.165, 1.54) is 26.2 Å². The number of benzene rings is 2. The van der Waals surface area contributed by atoms with E-state index in [1.54, 1.807) is 31.2 Å². The van der Waals surface area contributed by atoms with Gasteiger partial charge in [0.25, 0.3) is 0 Å². The van der Waals surface area contributed by atoms with Gasteiger partial charge in [0.1, 0.15) is 5.82 Å². The van der Waals surface area contributed by atoms with Crippen LogP contribution in [0, 0.1) is 11.3 Å². The summed E-state index contributed by atoms with van der Waals surface area (Å²) >= 11 is 0. The normalized spacial score (nSPS) is 11.5. The first kappa shape index (κ1) is 24.2. The number of imidazole rings is 1. The van der Waals surface area contributed by atoms with Crippen molar-refractivity contribution in [3.8, 4) is 17.6 Å². The number of rotatable bonds is 9. The van der Waals surface area contributed by atoms with Crippen molar-refractivity contribution >= 4 is 27.0 Å². The van der Waals surface area contributed by atoms with Crippen LogP contribution in [-0.2, 0) is 27.8 Å². The molecule has 0 aliphatic carbocycles. The molecule has 0 spiro atoms. The molecule has 174 valence electrons. The number of esters is 1. The summed E-state index contributed by atoms with van der Waals surface area (Å²) in [5.74, 6) is 0.781. The van der Waals surface area contributed by atoms with Crippen LogP contribution in [0.5, 0.6) is 11.5 Å². The number of aryl methyl sites for hydroxylation is 2. The summed E-state index contributed by atoms with van der Waals surface area (Å²) in [5, 5.41) is 9.05. The Bertz CT molecular complexity index is 1320. The zero-order valence-corrected chi connectivity index (χ0v) is 19.8. The van der Waals surface area contributed by atoms with Crippen LogP contribution in [0.15, 0.2) is 41.3 Å². The number of carbonyl (C=O) groups is 1. The molecule has 33 heavy (non-hydrogen) atoms. The van der Waals surface area contributed by atoms with Gasteiger partial charge in [-0.3, -0.25) is 4.79 Å². The van der Waals surface area contributed by atoms with Gasteiger partial charge in [0.15, 0.2) is 11.5 Å². The number of sulfonamides is 1. The number of ether oxygens (including phenoxy) is 2. The predicted octanol–water partition coefficient (Wildman–Crippen LogP) is 3.12. The summed E-state index contributed by atoms with van der Waals surface area (Å²) in [6.45, 7) is 4.74. The molecule has 0 atom stereocenters. The second-order valence-electron chi connectivity index (χ2n) is 7.39. The average Bonchev–Trinajstić information content (AvgIpc) is 3.15. The largest absolute Gasteiger partial charge is 0.490 e. The SMILES string of the molecule is CCOc1cc(C#N)ccc1OC(=O)CCc1nc2cc(S(=O)(=O)N(C)C)ccc2n1CC. The van der Waals surface area contributed by atoms with E-state index < -0.39 is 16.0 Å². The van der Waals surface area contributed by atoms with Crippen molar-refractivity contribution in [2.45, 2.75) is 38.1 Å². The van der Waals surface area contributed by atoms with Crippen molar-refractivity contribution in [1.82, 2.24) is 13.9 Å². The van der Waals surface area contributed by atoms with Gasteiger partial charge in [0.05, 0.1) is 40.6 Å². The van der Waals surface area contributed by atoms with Crippen LogP contribution in [0.25, 0.3) is 11.0 Å². The molecule has 0 aliphatic rings. The minimum absolute atomic E-state index is 0.0672. The van der Waals surface area contributed by atoms with Gasteiger partial charge in [-0.1, -0.05) is 0 Å². The van der Waals surface area contributed by atoms with Crippen LogP contribution in [0.2, 0.25) is 0 Å². The summed E-state index contributed by atoms with van der Waals surface area (Å²) in [6, 6.07) is 11.5. The van der Waals surface area contributed by atoms with Gasteiger partial charge in [0, 0.05) is 33.1 Å². The van der Waals surface area contributed by atoms with Crippen molar-refractivity contribution in [3.63, 3.8) is 0 Å². The summed E-state index contributed by atoms with van der Waals surface area (Å²) in [7, 11) is -0.619. The Balaban J connectivity index is 1.80. The molecule has 0 N–H and O–H groups in total. The Morgan fingerprint density at radius 2 is 1.91 bits per heavy atom. The third kappa shape index (κ3) is 5.16. The van der Waals surface area contributed by atoms with Crippen LogP contribution >= 0.6 is 0 Å². The fourth-order valence-electron chi connectivity index (χ4n) is 3.39. The number of hydrogen-bond donors (Lipinski definition) is 0. The van der Waals surface area contributed by atoms with Gasteiger partial charge in [-0.2, -0.15) is 5.26 Å². The van der Waals surface area contributed by atoms with Crippen molar-refractivity contribution < 1.29 is 22.7 Å². The predicted molar refractivity (Wildman–Crippen MR) is 123 cm³/mol. The van der Waals surface area contributed by atoms with Crippen molar-refractivity contribution in [2.75, 3.05) is 20.7 Å². The van der Waals surface area contributed by atoms with Crippen LogP contribution < -0.4 is 9.47 Å². The van der Waals surface area contributed by atoms with Gasteiger partial charge in [-0.15, -0.1) is 0 Å². The first-order valence-corrected chi connectivity index (χ1v) is 11.9. The zero-order chi connectivity index (χ0) is 24.2. The quantitative estimate of drug-likeness (QED) is 0.349. The number of nitrogens with zero attached hydrogens (tertiary/aromatic N) is 4. The lowest BCUT2D eigenvalue weighted by molar-refractivity contribution is -0.134. The fraction of sp³-hybridized carbons (Fsp3) is 0.348. The molecule has 0 bridgehead atoms. The molecule has 0 saturated carbocycles. The molecule has 10 heteroatoms. The van der Waals surface area contributed by atoms with Crippen molar-refractivity contribution in [1.29, 1.82) is 5.26 Å². The number of carbonyl (C=O) groups excluding carboxylic acids is 1. The highest BCUT2D eigenvalue weighted by atomic mass is 32.2. The van der Waals surface area contributed by atoms with Crippen LogP contribution in [-0.4, -0.2) is 48.9 Å². The molecular formula is C23H26N4O5S. The summed E-state index contributed by atoms with van der Waals surface area (Å²) in [6.07, 6.45) is 0.384. The number of fused-ring (bicyclic) bond motifs is 1. The molecule has 0 unspecified atom stereocenters. The van der Waals surface area contributed by atoms with E-state index in [0.29, 0.717) is 42.2 Å². The first-order valence-electron chi connectivity index (χ1n) is 10.5. The highest BCUT2D eigenvalue weighted by molar-refractivity contribution is 7.89. The van der Waals surface area contributed by atoms with E-state index in [4.69, 9.17) is 14.7 Å². The van der Waals surface area contributed by atoms with Crippen molar-refractivity contribution in [2.24, 2.45) is 0 Å². The minimum Gasteiger partial charge on any atom is -0.490 e. The summed E-state index contributed by atoms with van der Waals surface area (Å²) in [5.41, 5.74) is 1.75. The van der Waals surface area contributed by atoms with E-state index in [-0.39, 0.29) is 17.1 Å². The van der Waals surface area contributed by atoms with Gasteiger partial charge in [-0.05, 0) is 44.2 Å². The average molecular weight is 471 g/mol. The lowest BCUT2D eigenvalue weighted by atomic mass is 10.2. The third-order valence-electron chi connectivity index (χ3n) is 5.04. The Hall–Kier alpha value is -3.42. The molecule has 1 heterocycles. The van der Waals surface area contributed by atoms with Gasteiger partial charge in [-0.25, -0.2) is 17.7 Å². The van der Waals surface area contributed by atoms with E-state index in [2.05, 4.69) is 4.98 Å². The Morgan fingerprint density at radius 3 is 2.55 bits per heavy atom. The number of hydrogen-bond acceptors (Lipinski definition) is 7. The van der Waals surface area contributed by atoms with E-state index in [1.807, 2.05) is 17.6 Å². The van der Waals surface area contributed by atoms with Gasteiger partial charge < -0.3 is 14.0 Å². The Morgan fingerprint density at radius 1 is 1.15 bits per heavy atom. The Kier molecular flexibility index (Phi) is 7.36. The maximum Gasteiger partial charge on any atom is 0.311 e. The smallest absolute Gasteiger partial charge is 0.311 e. The Labute approximate surface area is 193 Å². The maximum atomic E-state index is 12.5. The highest BCUT2D eigenvalue weighted by Gasteiger charge is 2.20. The number of nitriles is 1. The molecular weight excluding hydrogens is 444 g/mol. The first-order chi connectivity index (χ1) is 15.7. The fourth-order valence-corrected chi connectivity index (χ4v) is 4.31. The second kappa shape index (κ2) is 10.0. The van der Waals surface area contributed by atoms with E-state index >= 15 is 0 Å². The molecule has 1 aromatic heterocycles. The van der Waals surface area contributed by atoms with Crippen LogP contribution in [0.1, 0.15) is 31.7 Å². The molecule has 0 aliphatic heterocycles. The van der Waals surface area contributed by atoms with E-state index in [0.717, 1.165) is 9.82 Å². The van der Waals surface area contributed by atoms with Crippen LogP contribution in [0.3, 0.4) is 0 Å². The highest BCUT2D eigenvalue weighted by Crippen LogP contribution is 2.29. The molecule has 0 radical (unpaired) electrons. The second-order valence-corrected chi connectivity index (χ2v) is 9.54. The molecule has 0 amide bonds. The van der Waals surface area contributed by atoms with Gasteiger partial charge >= 0.3 is 5.97 Å².